The lowest BCUT2D eigenvalue weighted by Crippen LogP contribution is -2.44. The van der Waals surface area contributed by atoms with Gasteiger partial charge in [-0.25, -0.2) is 4.98 Å². The number of aromatic nitrogens is 2. The van der Waals surface area contributed by atoms with E-state index in [0.29, 0.717) is 23.7 Å². The van der Waals surface area contributed by atoms with Crippen molar-refractivity contribution in [2.45, 2.75) is 19.4 Å². The number of rotatable bonds is 5. The Bertz CT molecular complexity index is 1280. The fourth-order valence-corrected chi connectivity index (χ4v) is 5.11. The van der Waals surface area contributed by atoms with Crippen molar-refractivity contribution in [3.8, 4) is 11.1 Å². The molecule has 0 bridgehead atoms. The summed E-state index contributed by atoms with van der Waals surface area (Å²) in [4.78, 5) is 35.4. The Morgan fingerprint density at radius 3 is 2.66 bits per heavy atom. The number of fused-ring (bicyclic) bond motifs is 1. The topological polar surface area (TPSA) is 78.1 Å². The lowest BCUT2D eigenvalue weighted by Gasteiger charge is -2.32. The van der Waals surface area contributed by atoms with E-state index in [4.69, 9.17) is 4.98 Å². The molecule has 2 aromatic heterocycles. The maximum Gasteiger partial charge on any atom is 0.270 e. The van der Waals surface area contributed by atoms with Crippen LogP contribution in [-0.4, -0.2) is 29.0 Å². The molecule has 0 aliphatic carbocycles. The molecule has 2 N–H and O–H groups in total. The summed E-state index contributed by atoms with van der Waals surface area (Å²) in [6.07, 6.45) is 1.71. The first-order valence-corrected chi connectivity index (χ1v) is 11.7. The average molecular weight is 445 g/mol. The first-order valence-electron chi connectivity index (χ1n) is 10.8. The van der Waals surface area contributed by atoms with Crippen LogP contribution in [0.5, 0.6) is 0 Å². The van der Waals surface area contributed by atoms with Gasteiger partial charge in [0.2, 0.25) is 11.9 Å². The number of nitrogens with one attached hydrogen (secondary N) is 2. The molecule has 32 heavy (non-hydrogen) atoms. The van der Waals surface area contributed by atoms with E-state index < -0.39 is 0 Å². The second-order valence-corrected chi connectivity index (χ2v) is 8.95. The maximum absolute atomic E-state index is 12.8. The number of thiophene rings is 1. The van der Waals surface area contributed by atoms with Crippen molar-refractivity contribution >= 4 is 33.4 Å². The highest BCUT2D eigenvalue weighted by atomic mass is 32.1. The van der Waals surface area contributed by atoms with E-state index in [0.717, 1.165) is 41.6 Å². The Labute approximate surface area is 189 Å². The van der Waals surface area contributed by atoms with Gasteiger partial charge < -0.3 is 10.2 Å². The zero-order valence-electron chi connectivity index (χ0n) is 17.6. The molecule has 1 unspecified atom stereocenters. The lowest BCUT2D eigenvalue weighted by atomic mass is 9.97. The normalized spacial score (nSPS) is 16.2. The predicted molar refractivity (Wildman–Crippen MR) is 129 cm³/mol. The number of aromatic amines is 1. The van der Waals surface area contributed by atoms with Gasteiger partial charge in [-0.1, -0.05) is 60.7 Å². The number of anilines is 1. The van der Waals surface area contributed by atoms with Crippen LogP contribution < -0.4 is 15.8 Å². The number of hydrogen-bond donors (Lipinski definition) is 2. The number of carbonyl (C=O) groups is 1. The minimum Gasteiger partial charge on any atom is -0.352 e. The third-order valence-corrected chi connectivity index (χ3v) is 6.87. The minimum atomic E-state index is -0.135. The van der Waals surface area contributed by atoms with Crippen molar-refractivity contribution in [2.75, 3.05) is 18.0 Å². The molecule has 5 rings (SSSR count). The van der Waals surface area contributed by atoms with Crippen molar-refractivity contribution in [3.05, 3.63) is 82.0 Å². The number of carbonyl (C=O) groups excluding carboxylic acids is 1. The first-order chi connectivity index (χ1) is 15.7. The summed E-state index contributed by atoms with van der Waals surface area (Å²) in [5, 5.41) is 5.04. The van der Waals surface area contributed by atoms with Crippen LogP contribution in [0.15, 0.2) is 70.8 Å². The van der Waals surface area contributed by atoms with E-state index in [1.807, 2.05) is 70.9 Å². The molecule has 2 aromatic carbocycles. The SMILES string of the molecule is O=C(NCc1ccccc1)C1CCCN(c2nc3c(-c4ccccc4)csc3c(=O)[nH]2)C1. The summed E-state index contributed by atoms with van der Waals surface area (Å²) in [6.45, 7) is 1.83. The molecule has 6 nitrogen and oxygen atoms in total. The second-order valence-electron chi connectivity index (χ2n) is 8.07. The van der Waals surface area contributed by atoms with Gasteiger partial charge in [-0.05, 0) is 24.0 Å². The molecule has 0 spiro atoms. The van der Waals surface area contributed by atoms with Crippen LogP contribution in [0.1, 0.15) is 18.4 Å². The number of nitrogens with zero attached hydrogens (tertiary/aromatic N) is 2. The number of H-pyrrole nitrogens is 1. The van der Waals surface area contributed by atoms with Gasteiger partial charge in [-0.15, -0.1) is 11.3 Å². The fraction of sp³-hybridized carbons (Fsp3) is 0.240. The Hall–Kier alpha value is -3.45. The minimum absolute atomic E-state index is 0.0440. The molecule has 1 atom stereocenters. The van der Waals surface area contributed by atoms with Gasteiger partial charge in [0.25, 0.3) is 5.56 Å². The van der Waals surface area contributed by atoms with Crippen LogP contribution in [0.4, 0.5) is 5.95 Å². The summed E-state index contributed by atoms with van der Waals surface area (Å²) >= 11 is 1.41. The summed E-state index contributed by atoms with van der Waals surface area (Å²) in [6, 6.07) is 19.9. The van der Waals surface area contributed by atoms with Gasteiger partial charge in [0, 0.05) is 30.6 Å². The predicted octanol–water partition coefficient (Wildman–Crippen LogP) is 4.18. The Balaban J connectivity index is 1.36. The van der Waals surface area contributed by atoms with Gasteiger partial charge in [0.05, 0.1) is 11.4 Å². The molecule has 3 heterocycles. The van der Waals surface area contributed by atoms with Crippen molar-refractivity contribution in [1.29, 1.82) is 0 Å². The molecule has 1 fully saturated rings. The van der Waals surface area contributed by atoms with E-state index in [9.17, 15) is 9.59 Å². The van der Waals surface area contributed by atoms with E-state index in [1.165, 1.54) is 11.3 Å². The summed E-state index contributed by atoms with van der Waals surface area (Å²) in [5.41, 5.74) is 3.67. The van der Waals surface area contributed by atoms with Crippen LogP contribution in [0.2, 0.25) is 0 Å². The molecule has 1 aliphatic rings. The van der Waals surface area contributed by atoms with E-state index >= 15 is 0 Å². The largest absolute Gasteiger partial charge is 0.352 e. The van der Waals surface area contributed by atoms with Crippen molar-refractivity contribution in [2.24, 2.45) is 5.92 Å². The highest BCUT2D eigenvalue weighted by Gasteiger charge is 2.27. The van der Waals surface area contributed by atoms with E-state index in [1.54, 1.807) is 0 Å². The number of benzene rings is 2. The molecule has 1 amide bonds. The van der Waals surface area contributed by atoms with Gasteiger partial charge in [-0.3, -0.25) is 14.6 Å². The quantitative estimate of drug-likeness (QED) is 0.484. The molecule has 1 saturated heterocycles. The smallest absolute Gasteiger partial charge is 0.270 e. The molecule has 162 valence electrons. The molecular formula is C25H24N4O2S. The van der Waals surface area contributed by atoms with Crippen LogP contribution in [-0.2, 0) is 11.3 Å². The molecule has 1 aliphatic heterocycles. The van der Waals surface area contributed by atoms with Crippen LogP contribution in [0.3, 0.4) is 0 Å². The Morgan fingerprint density at radius 1 is 1.12 bits per heavy atom. The van der Waals surface area contributed by atoms with Crippen molar-refractivity contribution in [3.63, 3.8) is 0 Å². The fourth-order valence-electron chi connectivity index (χ4n) is 4.20. The third kappa shape index (κ3) is 4.16. The highest BCUT2D eigenvalue weighted by Crippen LogP contribution is 2.32. The number of hydrogen-bond acceptors (Lipinski definition) is 5. The first kappa shape index (κ1) is 20.5. The van der Waals surface area contributed by atoms with Crippen LogP contribution >= 0.6 is 11.3 Å². The van der Waals surface area contributed by atoms with Gasteiger partial charge in [0.15, 0.2) is 0 Å². The van der Waals surface area contributed by atoms with E-state index in [2.05, 4.69) is 10.3 Å². The van der Waals surface area contributed by atoms with Crippen LogP contribution in [0.25, 0.3) is 21.3 Å². The van der Waals surface area contributed by atoms with E-state index in [-0.39, 0.29) is 17.4 Å². The van der Waals surface area contributed by atoms with Gasteiger partial charge in [-0.2, -0.15) is 0 Å². The van der Waals surface area contributed by atoms with Gasteiger partial charge in [0.1, 0.15) is 4.70 Å². The highest BCUT2D eigenvalue weighted by molar-refractivity contribution is 7.17. The van der Waals surface area contributed by atoms with Crippen molar-refractivity contribution < 1.29 is 4.79 Å². The van der Waals surface area contributed by atoms with Gasteiger partial charge >= 0.3 is 0 Å². The molecular weight excluding hydrogens is 420 g/mol. The summed E-state index contributed by atoms with van der Waals surface area (Å²) in [7, 11) is 0. The summed E-state index contributed by atoms with van der Waals surface area (Å²) < 4.78 is 0.627. The monoisotopic (exact) mass is 444 g/mol. The molecule has 0 radical (unpaired) electrons. The van der Waals surface area contributed by atoms with Crippen LogP contribution in [0, 0.1) is 5.92 Å². The Kier molecular flexibility index (Phi) is 5.73. The van der Waals surface area contributed by atoms with Crippen molar-refractivity contribution in [1.82, 2.24) is 15.3 Å². The summed E-state index contributed by atoms with van der Waals surface area (Å²) in [5.74, 6) is 0.450. The molecule has 4 aromatic rings. The maximum atomic E-state index is 12.8. The molecule has 0 saturated carbocycles. The second kappa shape index (κ2) is 8.96. The lowest BCUT2D eigenvalue weighted by molar-refractivity contribution is -0.125. The third-order valence-electron chi connectivity index (χ3n) is 5.90. The zero-order valence-corrected chi connectivity index (χ0v) is 18.4. The number of piperidine rings is 1. The molecule has 7 heteroatoms. The zero-order chi connectivity index (χ0) is 21.9. The average Bonchev–Trinajstić information content (AvgIpc) is 3.28. The Morgan fingerprint density at radius 2 is 1.88 bits per heavy atom. The number of amides is 1. The standard InChI is InChI=1S/C25H24N4O2S/c30-23(26-14-17-8-3-1-4-9-17)19-12-7-13-29(15-19)25-27-21-20(18-10-5-2-6-11-18)16-32-22(21)24(31)28-25/h1-6,8-11,16,19H,7,12-15H2,(H,26,30)(H,27,28,31).